The molecule has 1 amide bonds. The zero-order valence-corrected chi connectivity index (χ0v) is 14.4. The number of rotatable bonds is 6. The minimum atomic E-state index is -3.42. The summed E-state index contributed by atoms with van der Waals surface area (Å²) in [7, 11) is -3.42. The standard InChI is InChI=1S/C14H21N3O3S2/c1-11(2)16-13(18)10-21-14-6-5-12(9-15-14)22(19,20)17-7-3-4-8-17/h5-6,9,11H,3-4,7-8,10H2,1-2H3,(H,16,18). The van der Waals surface area contributed by atoms with Crippen LogP contribution in [-0.4, -0.2) is 48.5 Å². The van der Waals surface area contributed by atoms with Gasteiger partial charge in [0.1, 0.15) is 4.90 Å². The number of carbonyl (C=O) groups is 1. The van der Waals surface area contributed by atoms with Crippen molar-refractivity contribution in [1.29, 1.82) is 0 Å². The molecule has 0 atom stereocenters. The van der Waals surface area contributed by atoms with Crippen LogP contribution in [0.1, 0.15) is 26.7 Å². The van der Waals surface area contributed by atoms with Crippen molar-refractivity contribution in [3.63, 3.8) is 0 Å². The van der Waals surface area contributed by atoms with E-state index in [-0.39, 0.29) is 22.6 Å². The third-order valence-corrected chi connectivity index (χ3v) is 6.04. The van der Waals surface area contributed by atoms with Crippen molar-refractivity contribution in [3.05, 3.63) is 18.3 Å². The third kappa shape index (κ3) is 4.44. The van der Waals surface area contributed by atoms with Crippen molar-refractivity contribution in [2.45, 2.75) is 42.7 Å². The Balaban J connectivity index is 1.97. The molecule has 122 valence electrons. The largest absolute Gasteiger partial charge is 0.353 e. The van der Waals surface area contributed by atoms with Crippen LogP contribution in [-0.2, 0) is 14.8 Å². The summed E-state index contributed by atoms with van der Waals surface area (Å²) in [6.45, 7) is 4.96. The fourth-order valence-corrected chi connectivity index (χ4v) is 4.30. The Morgan fingerprint density at radius 1 is 1.36 bits per heavy atom. The molecule has 0 radical (unpaired) electrons. The number of aromatic nitrogens is 1. The van der Waals surface area contributed by atoms with Crippen LogP contribution in [0.3, 0.4) is 0 Å². The molecule has 1 aromatic heterocycles. The van der Waals surface area contributed by atoms with Crippen LogP contribution in [0.2, 0.25) is 0 Å². The van der Waals surface area contributed by atoms with Crippen molar-refractivity contribution in [2.24, 2.45) is 0 Å². The summed E-state index contributed by atoms with van der Waals surface area (Å²) in [5, 5.41) is 3.43. The molecule has 2 heterocycles. The van der Waals surface area contributed by atoms with E-state index in [0.717, 1.165) is 12.8 Å². The van der Waals surface area contributed by atoms with Gasteiger partial charge in [-0.05, 0) is 38.8 Å². The van der Waals surface area contributed by atoms with E-state index >= 15 is 0 Å². The molecule has 8 heteroatoms. The van der Waals surface area contributed by atoms with Crippen LogP contribution < -0.4 is 5.32 Å². The van der Waals surface area contributed by atoms with E-state index in [9.17, 15) is 13.2 Å². The normalized spacial score (nSPS) is 16.1. The van der Waals surface area contributed by atoms with E-state index in [2.05, 4.69) is 10.3 Å². The second-order valence-electron chi connectivity index (χ2n) is 5.45. The maximum absolute atomic E-state index is 12.3. The highest BCUT2D eigenvalue weighted by atomic mass is 32.2. The summed E-state index contributed by atoms with van der Waals surface area (Å²) in [5.74, 6) is 0.208. The number of pyridine rings is 1. The van der Waals surface area contributed by atoms with Crippen molar-refractivity contribution < 1.29 is 13.2 Å². The predicted molar refractivity (Wildman–Crippen MR) is 86.2 cm³/mol. The molecule has 1 N–H and O–H groups in total. The summed E-state index contributed by atoms with van der Waals surface area (Å²) >= 11 is 1.29. The molecule has 0 unspecified atom stereocenters. The van der Waals surface area contributed by atoms with E-state index < -0.39 is 10.0 Å². The lowest BCUT2D eigenvalue weighted by atomic mass is 10.4. The van der Waals surface area contributed by atoms with Gasteiger partial charge in [0.25, 0.3) is 0 Å². The Hall–Kier alpha value is -1.12. The van der Waals surface area contributed by atoms with E-state index in [0.29, 0.717) is 18.1 Å². The molecule has 0 bridgehead atoms. The van der Waals surface area contributed by atoms with Gasteiger partial charge < -0.3 is 5.32 Å². The molecule has 0 spiro atoms. The molecule has 0 aliphatic carbocycles. The first-order valence-corrected chi connectivity index (χ1v) is 9.70. The second-order valence-corrected chi connectivity index (χ2v) is 8.39. The van der Waals surface area contributed by atoms with Gasteiger partial charge in [0, 0.05) is 25.3 Å². The van der Waals surface area contributed by atoms with E-state index in [1.807, 2.05) is 13.8 Å². The number of sulfonamides is 1. The summed E-state index contributed by atoms with van der Waals surface area (Å²) in [6, 6.07) is 3.31. The molecule has 1 aliphatic heterocycles. The zero-order valence-electron chi connectivity index (χ0n) is 12.8. The maximum Gasteiger partial charge on any atom is 0.244 e. The van der Waals surface area contributed by atoms with E-state index in [4.69, 9.17) is 0 Å². The highest BCUT2D eigenvalue weighted by Crippen LogP contribution is 2.22. The molecule has 2 rings (SSSR count). The Labute approximate surface area is 135 Å². The van der Waals surface area contributed by atoms with Crippen LogP contribution in [0, 0.1) is 0 Å². The monoisotopic (exact) mass is 343 g/mol. The van der Waals surface area contributed by atoms with Gasteiger partial charge in [-0.1, -0.05) is 11.8 Å². The second kappa shape index (κ2) is 7.43. The van der Waals surface area contributed by atoms with Gasteiger partial charge in [-0.3, -0.25) is 4.79 Å². The van der Waals surface area contributed by atoms with Crippen LogP contribution >= 0.6 is 11.8 Å². The molecule has 1 fully saturated rings. The smallest absolute Gasteiger partial charge is 0.244 e. The number of amides is 1. The number of hydrogen-bond donors (Lipinski definition) is 1. The topological polar surface area (TPSA) is 79.4 Å². The Kier molecular flexibility index (Phi) is 5.82. The SMILES string of the molecule is CC(C)NC(=O)CSc1ccc(S(=O)(=O)N2CCCC2)cn1. The molecule has 0 aromatic carbocycles. The predicted octanol–water partition coefficient (Wildman–Crippen LogP) is 1.48. The number of nitrogens with one attached hydrogen (secondary N) is 1. The number of thioether (sulfide) groups is 1. The third-order valence-electron chi connectivity index (χ3n) is 3.21. The fraction of sp³-hybridized carbons (Fsp3) is 0.571. The average molecular weight is 343 g/mol. The summed E-state index contributed by atoms with van der Waals surface area (Å²) in [4.78, 5) is 15.9. The first-order chi connectivity index (χ1) is 10.4. The van der Waals surface area contributed by atoms with E-state index in [1.54, 1.807) is 12.1 Å². The minimum absolute atomic E-state index is 0.0597. The van der Waals surface area contributed by atoms with Gasteiger partial charge in [0.15, 0.2) is 0 Å². The Morgan fingerprint density at radius 3 is 2.59 bits per heavy atom. The summed E-state index contributed by atoms with van der Waals surface area (Å²) in [5.41, 5.74) is 0. The quantitative estimate of drug-likeness (QED) is 0.792. The summed E-state index contributed by atoms with van der Waals surface area (Å²) in [6.07, 6.45) is 3.19. The van der Waals surface area contributed by atoms with Crippen LogP contribution in [0.5, 0.6) is 0 Å². The first-order valence-electron chi connectivity index (χ1n) is 7.28. The minimum Gasteiger partial charge on any atom is -0.353 e. The molecular weight excluding hydrogens is 322 g/mol. The van der Waals surface area contributed by atoms with Crippen molar-refractivity contribution in [3.8, 4) is 0 Å². The van der Waals surface area contributed by atoms with Crippen molar-refractivity contribution >= 4 is 27.7 Å². The van der Waals surface area contributed by atoms with Crippen LogP contribution in [0.15, 0.2) is 28.3 Å². The van der Waals surface area contributed by atoms with Gasteiger partial charge in [-0.15, -0.1) is 0 Å². The average Bonchev–Trinajstić information content (AvgIpc) is 3.00. The molecular formula is C14H21N3O3S2. The van der Waals surface area contributed by atoms with Crippen LogP contribution in [0.4, 0.5) is 0 Å². The fourth-order valence-electron chi connectivity index (χ4n) is 2.19. The lowest BCUT2D eigenvalue weighted by Gasteiger charge is -2.15. The van der Waals surface area contributed by atoms with Gasteiger partial charge >= 0.3 is 0 Å². The number of carbonyl (C=O) groups excluding carboxylic acids is 1. The Bertz CT molecular complexity index is 609. The zero-order chi connectivity index (χ0) is 16.2. The Morgan fingerprint density at radius 2 is 2.05 bits per heavy atom. The molecule has 22 heavy (non-hydrogen) atoms. The number of nitrogens with zero attached hydrogens (tertiary/aromatic N) is 2. The highest BCUT2D eigenvalue weighted by molar-refractivity contribution is 7.99. The van der Waals surface area contributed by atoms with Gasteiger partial charge in [-0.2, -0.15) is 4.31 Å². The lowest BCUT2D eigenvalue weighted by molar-refractivity contribution is -0.119. The molecule has 0 saturated carbocycles. The van der Waals surface area contributed by atoms with Crippen LogP contribution in [0.25, 0.3) is 0 Å². The van der Waals surface area contributed by atoms with Crippen molar-refractivity contribution in [2.75, 3.05) is 18.8 Å². The highest BCUT2D eigenvalue weighted by Gasteiger charge is 2.27. The van der Waals surface area contributed by atoms with Gasteiger partial charge in [-0.25, -0.2) is 13.4 Å². The van der Waals surface area contributed by atoms with E-state index in [1.165, 1.54) is 22.3 Å². The van der Waals surface area contributed by atoms with Crippen molar-refractivity contribution in [1.82, 2.24) is 14.6 Å². The maximum atomic E-state index is 12.3. The molecule has 6 nitrogen and oxygen atoms in total. The lowest BCUT2D eigenvalue weighted by Crippen LogP contribution is -2.31. The van der Waals surface area contributed by atoms with Gasteiger partial charge in [0.2, 0.25) is 15.9 Å². The molecule has 1 aliphatic rings. The first kappa shape index (κ1) is 17.2. The van der Waals surface area contributed by atoms with Gasteiger partial charge in [0.05, 0.1) is 10.8 Å². The number of hydrogen-bond acceptors (Lipinski definition) is 5. The molecule has 1 aromatic rings. The summed E-state index contributed by atoms with van der Waals surface area (Å²) < 4.78 is 26.2. The molecule has 1 saturated heterocycles.